The highest BCUT2D eigenvalue weighted by Gasteiger charge is 2.68. The highest BCUT2D eigenvalue weighted by atomic mass is 16.7. The molecule has 3 heteroatoms. The molecule has 30 heavy (non-hydrogen) atoms. The Hall–Kier alpha value is -0.670. The molecule has 6 rings (SSSR count). The van der Waals surface area contributed by atoms with Crippen LogP contribution < -0.4 is 0 Å². The topological polar surface area (TPSA) is 35.5 Å². The van der Waals surface area contributed by atoms with E-state index in [1.165, 1.54) is 37.7 Å². The first-order valence-corrected chi connectivity index (χ1v) is 12.8. The van der Waals surface area contributed by atoms with E-state index < -0.39 is 0 Å². The molecule has 0 amide bonds. The Morgan fingerprint density at radius 2 is 1.90 bits per heavy atom. The zero-order chi connectivity index (χ0) is 20.9. The first-order valence-electron chi connectivity index (χ1n) is 12.8. The van der Waals surface area contributed by atoms with Crippen LogP contribution in [-0.4, -0.2) is 24.3 Å². The van der Waals surface area contributed by atoms with Crippen molar-refractivity contribution in [2.45, 2.75) is 97.4 Å². The third-order valence-electron chi connectivity index (χ3n) is 11.2. The average molecular weight is 413 g/mol. The smallest absolute Gasteiger partial charge is 0.171 e. The van der Waals surface area contributed by atoms with Crippen LogP contribution in [0.1, 0.15) is 85.5 Å². The average Bonchev–Trinajstić information content (AvgIpc) is 3.16. The fraction of sp³-hybridized carbons (Fsp3) is 0.889. The van der Waals surface area contributed by atoms with E-state index in [1.807, 2.05) is 0 Å². The summed E-state index contributed by atoms with van der Waals surface area (Å²) in [6.45, 7) is 10.7. The van der Waals surface area contributed by atoms with Crippen LogP contribution in [0.15, 0.2) is 11.6 Å². The van der Waals surface area contributed by atoms with Crippen molar-refractivity contribution < 1.29 is 14.3 Å². The van der Waals surface area contributed by atoms with Crippen molar-refractivity contribution in [2.24, 2.45) is 46.3 Å². The van der Waals surface area contributed by atoms with Crippen molar-refractivity contribution in [3.63, 3.8) is 0 Å². The van der Waals surface area contributed by atoms with Gasteiger partial charge in [0.2, 0.25) is 0 Å². The molecule has 0 radical (unpaired) electrons. The number of ether oxygens (including phenoxy) is 2. The van der Waals surface area contributed by atoms with Gasteiger partial charge < -0.3 is 9.47 Å². The van der Waals surface area contributed by atoms with E-state index in [1.54, 1.807) is 0 Å². The van der Waals surface area contributed by atoms with Crippen molar-refractivity contribution in [1.29, 1.82) is 0 Å². The van der Waals surface area contributed by atoms with E-state index in [4.69, 9.17) is 9.47 Å². The normalized spacial score (nSPS) is 57.4. The van der Waals surface area contributed by atoms with Crippen LogP contribution in [-0.2, 0) is 14.3 Å². The van der Waals surface area contributed by atoms with E-state index in [0.717, 1.165) is 50.0 Å². The molecule has 6 aliphatic rings. The first-order chi connectivity index (χ1) is 14.3. The lowest BCUT2D eigenvalue weighted by atomic mass is 9.47. The van der Waals surface area contributed by atoms with E-state index in [9.17, 15) is 4.79 Å². The quantitative estimate of drug-likeness (QED) is 0.463. The highest BCUT2D eigenvalue weighted by Crippen LogP contribution is 2.70. The van der Waals surface area contributed by atoms with Gasteiger partial charge in [-0.05, 0) is 78.9 Å². The van der Waals surface area contributed by atoms with Crippen molar-refractivity contribution >= 4 is 5.78 Å². The molecule has 0 aromatic heterocycles. The lowest BCUT2D eigenvalue weighted by Gasteiger charge is -2.58. The second-order valence-electron chi connectivity index (χ2n) is 12.5. The summed E-state index contributed by atoms with van der Waals surface area (Å²) in [6, 6.07) is 0. The van der Waals surface area contributed by atoms with Gasteiger partial charge in [0.05, 0.1) is 12.7 Å². The summed E-state index contributed by atoms with van der Waals surface area (Å²) >= 11 is 0. The predicted octanol–water partition coefficient (Wildman–Crippen LogP) is 5.92. The van der Waals surface area contributed by atoms with E-state index in [2.05, 4.69) is 33.8 Å². The maximum absolute atomic E-state index is 12.1. The summed E-state index contributed by atoms with van der Waals surface area (Å²) in [5.41, 5.74) is 2.13. The van der Waals surface area contributed by atoms with Gasteiger partial charge in [-0.15, -0.1) is 0 Å². The number of carbonyl (C=O) groups is 1. The largest absolute Gasteiger partial charge is 0.349 e. The van der Waals surface area contributed by atoms with Gasteiger partial charge in [0.15, 0.2) is 5.79 Å². The molecule has 0 aromatic carbocycles. The van der Waals surface area contributed by atoms with Gasteiger partial charge in [-0.25, -0.2) is 0 Å². The minimum atomic E-state index is -0.304. The van der Waals surface area contributed by atoms with Crippen LogP contribution in [0.3, 0.4) is 0 Å². The molecule has 3 saturated carbocycles. The Morgan fingerprint density at radius 1 is 1.07 bits per heavy atom. The van der Waals surface area contributed by atoms with Crippen LogP contribution in [0, 0.1) is 46.3 Å². The van der Waals surface area contributed by atoms with Crippen LogP contribution in [0.2, 0.25) is 0 Å². The van der Waals surface area contributed by atoms with Crippen LogP contribution in [0.25, 0.3) is 0 Å². The summed E-state index contributed by atoms with van der Waals surface area (Å²) in [5.74, 6) is 4.26. The standard InChI is InChI=1S/C27H40O3/c1-16-7-12-27(29-15-16)17(2)24-23(30-27)14-22-20-6-5-18-13-19(28)8-10-25(18,3)21(20)9-11-26(22,24)4/h5,16-17,20-24H,6-15H2,1-4H3. The maximum Gasteiger partial charge on any atom is 0.171 e. The van der Waals surface area contributed by atoms with E-state index in [0.29, 0.717) is 35.1 Å². The van der Waals surface area contributed by atoms with Gasteiger partial charge in [0.1, 0.15) is 5.78 Å². The zero-order valence-electron chi connectivity index (χ0n) is 19.4. The molecule has 4 aliphatic carbocycles. The third-order valence-corrected chi connectivity index (χ3v) is 11.2. The molecule has 10 unspecified atom stereocenters. The number of allylic oxidation sites excluding steroid dienone is 2. The molecule has 0 bridgehead atoms. The number of carbonyl (C=O) groups excluding carboxylic acids is 1. The maximum atomic E-state index is 12.1. The second kappa shape index (κ2) is 6.44. The SMILES string of the molecule is CC1CCC2(OC1)OC1CC3C4CC=C5CC(=O)CCC5(C)C4CCC3(C)C1C2C. The second-order valence-corrected chi connectivity index (χ2v) is 12.5. The molecule has 2 saturated heterocycles. The Bertz CT molecular complexity index is 777. The van der Waals surface area contributed by atoms with Crippen molar-refractivity contribution in [3.05, 3.63) is 11.6 Å². The minimum absolute atomic E-state index is 0.270. The lowest BCUT2D eigenvalue weighted by molar-refractivity contribution is -0.272. The molecular weight excluding hydrogens is 372 g/mol. The molecule has 10 atom stereocenters. The molecule has 1 spiro atoms. The minimum Gasteiger partial charge on any atom is -0.349 e. The predicted molar refractivity (Wildman–Crippen MR) is 117 cm³/mol. The molecule has 0 aromatic rings. The van der Waals surface area contributed by atoms with Crippen molar-refractivity contribution in [2.75, 3.05) is 6.61 Å². The van der Waals surface area contributed by atoms with Gasteiger partial charge in [0, 0.05) is 25.2 Å². The van der Waals surface area contributed by atoms with Crippen LogP contribution in [0.5, 0.6) is 0 Å². The Balaban J connectivity index is 1.29. The lowest BCUT2D eigenvalue weighted by Crippen LogP contribution is -2.52. The van der Waals surface area contributed by atoms with E-state index in [-0.39, 0.29) is 11.2 Å². The molecule has 2 heterocycles. The fourth-order valence-electron chi connectivity index (χ4n) is 9.49. The molecule has 5 fully saturated rings. The molecule has 3 nitrogen and oxygen atoms in total. The van der Waals surface area contributed by atoms with Crippen LogP contribution >= 0.6 is 0 Å². The van der Waals surface area contributed by atoms with Crippen molar-refractivity contribution in [1.82, 2.24) is 0 Å². The number of ketones is 1. The first kappa shape index (κ1) is 20.0. The van der Waals surface area contributed by atoms with Gasteiger partial charge >= 0.3 is 0 Å². The van der Waals surface area contributed by atoms with Gasteiger partial charge in [-0.3, -0.25) is 4.79 Å². The summed E-state index contributed by atoms with van der Waals surface area (Å²) < 4.78 is 13.3. The monoisotopic (exact) mass is 412 g/mol. The number of fused-ring (bicyclic) bond motifs is 7. The number of rotatable bonds is 0. The van der Waals surface area contributed by atoms with Gasteiger partial charge in [-0.2, -0.15) is 0 Å². The summed E-state index contributed by atoms with van der Waals surface area (Å²) in [4.78, 5) is 12.1. The molecule has 2 aliphatic heterocycles. The summed E-state index contributed by atoms with van der Waals surface area (Å²) in [6.07, 6.45) is 12.9. The molecular formula is C27H40O3. The van der Waals surface area contributed by atoms with Gasteiger partial charge in [0.25, 0.3) is 0 Å². The Labute approximate surface area is 182 Å². The number of Topliss-reactive ketones (excluding diaryl/α,β-unsaturated/α-hetero) is 1. The summed E-state index contributed by atoms with van der Waals surface area (Å²) in [7, 11) is 0. The van der Waals surface area contributed by atoms with Gasteiger partial charge in [-0.1, -0.05) is 39.3 Å². The Kier molecular flexibility index (Phi) is 4.29. The fourth-order valence-corrected chi connectivity index (χ4v) is 9.49. The number of hydrogen-bond acceptors (Lipinski definition) is 3. The van der Waals surface area contributed by atoms with Crippen LogP contribution in [0.4, 0.5) is 0 Å². The molecule has 0 N–H and O–H groups in total. The number of hydrogen-bond donors (Lipinski definition) is 0. The Morgan fingerprint density at radius 3 is 2.67 bits per heavy atom. The third kappa shape index (κ3) is 2.48. The summed E-state index contributed by atoms with van der Waals surface area (Å²) in [5, 5.41) is 0. The van der Waals surface area contributed by atoms with E-state index >= 15 is 0 Å². The zero-order valence-corrected chi connectivity index (χ0v) is 19.4. The highest BCUT2D eigenvalue weighted by molar-refractivity contribution is 5.82. The van der Waals surface area contributed by atoms with Crippen molar-refractivity contribution in [3.8, 4) is 0 Å². The molecule has 166 valence electrons.